The van der Waals surface area contributed by atoms with Gasteiger partial charge in [0.1, 0.15) is 5.82 Å². The number of Topliss-reactive ketones (excluding diaryl/α,β-unsaturated/α-hetero) is 1. The molecule has 0 N–H and O–H groups in total. The summed E-state index contributed by atoms with van der Waals surface area (Å²) in [6, 6.07) is 10.4. The molecule has 0 bridgehead atoms. The number of nitrogens with zero attached hydrogens (tertiary/aromatic N) is 2. The molecule has 2 atom stereocenters. The number of benzene rings is 1. The maximum Gasteiger partial charge on any atom is 0.176 e. The van der Waals surface area contributed by atoms with E-state index in [1.54, 1.807) is 12.1 Å². The van der Waals surface area contributed by atoms with Crippen LogP contribution < -0.4 is 0 Å². The molecule has 1 aromatic carbocycles. The van der Waals surface area contributed by atoms with Gasteiger partial charge in [-0.05, 0) is 61.1 Å². The van der Waals surface area contributed by atoms with Crippen LogP contribution in [0.1, 0.15) is 41.6 Å². The Hall–Kier alpha value is -2.53. The second kappa shape index (κ2) is 6.52. The van der Waals surface area contributed by atoms with Crippen molar-refractivity contribution in [3.05, 3.63) is 70.1 Å². The van der Waals surface area contributed by atoms with Crippen LogP contribution in [0.5, 0.6) is 0 Å². The minimum Gasteiger partial charge on any atom is -0.330 e. The highest BCUT2D eigenvalue weighted by Gasteiger charge is 2.46. The molecule has 2 aliphatic rings. The summed E-state index contributed by atoms with van der Waals surface area (Å²) in [5.74, 6) is 0.0198. The van der Waals surface area contributed by atoms with Gasteiger partial charge in [0.25, 0.3) is 0 Å². The highest BCUT2D eigenvalue weighted by molar-refractivity contribution is 7.12. The number of hydrogen-bond donors (Lipinski definition) is 0. The first-order valence-electron chi connectivity index (χ1n) is 9.66. The van der Waals surface area contributed by atoms with Gasteiger partial charge in [-0.2, -0.15) is 0 Å². The van der Waals surface area contributed by atoms with Crippen LogP contribution in [0.3, 0.4) is 0 Å². The van der Waals surface area contributed by atoms with Gasteiger partial charge in [0.05, 0.1) is 22.6 Å². The van der Waals surface area contributed by atoms with E-state index < -0.39 is 0 Å². The van der Waals surface area contributed by atoms with Crippen molar-refractivity contribution in [2.75, 3.05) is 0 Å². The van der Waals surface area contributed by atoms with Gasteiger partial charge in [0, 0.05) is 23.4 Å². The molecule has 0 radical (unpaired) electrons. The van der Waals surface area contributed by atoms with Crippen molar-refractivity contribution in [3.8, 4) is 11.3 Å². The lowest BCUT2D eigenvalue weighted by Crippen LogP contribution is -2.42. The van der Waals surface area contributed by atoms with Gasteiger partial charge in [-0.15, -0.1) is 11.3 Å². The molecule has 1 aliphatic carbocycles. The Morgan fingerprint density at radius 2 is 2.11 bits per heavy atom. The summed E-state index contributed by atoms with van der Waals surface area (Å²) in [6.45, 7) is 2.98. The van der Waals surface area contributed by atoms with Crippen LogP contribution in [0.15, 0.2) is 53.7 Å². The van der Waals surface area contributed by atoms with Gasteiger partial charge < -0.3 is 4.57 Å². The summed E-state index contributed by atoms with van der Waals surface area (Å²) < 4.78 is 15.5. The molecule has 0 spiro atoms. The average Bonchev–Trinajstić information content (AvgIpc) is 3.35. The van der Waals surface area contributed by atoms with E-state index in [0.29, 0.717) is 0 Å². The summed E-state index contributed by atoms with van der Waals surface area (Å²) in [5.41, 5.74) is 4.00. The molecule has 1 fully saturated rings. The fraction of sp³-hybridized carbons (Fsp3) is 0.304. The fourth-order valence-electron chi connectivity index (χ4n) is 4.80. The minimum atomic E-state index is -0.245. The molecule has 5 rings (SSSR count). The maximum atomic E-state index is 13.3. The molecule has 2 aromatic heterocycles. The zero-order chi connectivity index (χ0) is 19.3. The topological polar surface area (TPSA) is 34.9 Å². The molecule has 3 aromatic rings. The van der Waals surface area contributed by atoms with Crippen molar-refractivity contribution < 1.29 is 9.18 Å². The summed E-state index contributed by atoms with van der Waals surface area (Å²) in [6.07, 6.45) is 7.05. The lowest BCUT2D eigenvalue weighted by Gasteiger charge is -2.45. The summed E-state index contributed by atoms with van der Waals surface area (Å²) in [7, 11) is 0. The number of imidazole rings is 1. The predicted octanol–water partition coefficient (Wildman–Crippen LogP) is 5.84. The third-order valence-electron chi connectivity index (χ3n) is 6.33. The van der Waals surface area contributed by atoms with E-state index >= 15 is 0 Å². The van der Waals surface area contributed by atoms with Crippen LogP contribution in [0, 0.1) is 17.2 Å². The lowest BCUT2D eigenvalue weighted by atomic mass is 9.61. The van der Waals surface area contributed by atoms with Gasteiger partial charge >= 0.3 is 0 Å². The van der Waals surface area contributed by atoms with Gasteiger partial charge in [0.15, 0.2) is 5.78 Å². The van der Waals surface area contributed by atoms with Crippen molar-refractivity contribution in [2.45, 2.75) is 32.7 Å². The molecule has 0 amide bonds. The van der Waals surface area contributed by atoms with Gasteiger partial charge in [0.2, 0.25) is 0 Å². The highest BCUT2D eigenvalue weighted by atomic mass is 32.1. The summed E-state index contributed by atoms with van der Waals surface area (Å²) >= 11 is 1.53. The molecule has 28 heavy (non-hydrogen) atoms. The Labute approximate surface area is 167 Å². The molecular weight excluding hydrogens is 371 g/mol. The molecule has 5 heteroatoms. The average molecular weight is 392 g/mol. The van der Waals surface area contributed by atoms with Crippen molar-refractivity contribution in [2.24, 2.45) is 11.3 Å². The lowest BCUT2D eigenvalue weighted by molar-refractivity contribution is 0.0732. The van der Waals surface area contributed by atoms with E-state index in [-0.39, 0.29) is 22.9 Å². The SMILES string of the molecule is C[C@]12Cn3cnc(-c4ccc(F)cc4)c3C=C1CCC[C@@H]2C(=O)c1cccs1. The van der Waals surface area contributed by atoms with E-state index in [9.17, 15) is 9.18 Å². The fourth-order valence-corrected chi connectivity index (χ4v) is 5.52. The molecular formula is C23H21FN2OS. The molecule has 1 aliphatic heterocycles. The maximum absolute atomic E-state index is 13.3. The third-order valence-corrected chi connectivity index (χ3v) is 7.21. The van der Waals surface area contributed by atoms with E-state index in [0.717, 1.165) is 47.6 Å². The first kappa shape index (κ1) is 17.6. The Balaban J connectivity index is 1.55. The number of rotatable bonds is 3. The Morgan fingerprint density at radius 3 is 2.86 bits per heavy atom. The number of halogens is 1. The van der Waals surface area contributed by atoms with Gasteiger partial charge in [-0.3, -0.25) is 4.79 Å². The zero-order valence-corrected chi connectivity index (χ0v) is 16.5. The van der Waals surface area contributed by atoms with Crippen LogP contribution in [0.4, 0.5) is 4.39 Å². The number of hydrogen-bond acceptors (Lipinski definition) is 3. The van der Waals surface area contributed by atoms with E-state index in [1.165, 1.54) is 29.0 Å². The number of aromatic nitrogens is 2. The number of fused-ring (bicyclic) bond motifs is 2. The van der Waals surface area contributed by atoms with Crippen LogP contribution in [0.2, 0.25) is 0 Å². The molecule has 0 saturated heterocycles. The Bertz CT molecular complexity index is 1060. The normalized spacial score (nSPS) is 23.6. The largest absolute Gasteiger partial charge is 0.330 e. The summed E-state index contributed by atoms with van der Waals surface area (Å²) in [4.78, 5) is 18.7. The first-order valence-corrected chi connectivity index (χ1v) is 10.5. The Morgan fingerprint density at radius 1 is 1.29 bits per heavy atom. The third kappa shape index (κ3) is 2.68. The van der Waals surface area contributed by atoms with Crippen molar-refractivity contribution in [3.63, 3.8) is 0 Å². The van der Waals surface area contributed by atoms with E-state index in [1.807, 2.05) is 23.8 Å². The number of allylic oxidation sites excluding steroid dienone is 1. The molecule has 142 valence electrons. The quantitative estimate of drug-likeness (QED) is 0.525. The Kier molecular flexibility index (Phi) is 4.09. The molecule has 1 saturated carbocycles. The number of carbonyl (C=O) groups is 1. The molecule has 0 unspecified atom stereocenters. The first-order chi connectivity index (χ1) is 13.6. The minimum absolute atomic E-state index is 0.00373. The van der Waals surface area contributed by atoms with Gasteiger partial charge in [-0.1, -0.05) is 18.6 Å². The van der Waals surface area contributed by atoms with E-state index in [4.69, 9.17) is 0 Å². The summed E-state index contributed by atoms with van der Waals surface area (Å²) in [5, 5.41) is 1.97. The van der Waals surface area contributed by atoms with Crippen LogP contribution in [-0.2, 0) is 6.54 Å². The standard InChI is InChI=1S/C23H21FN2OS/c1-23-13-26-14-25-21(15-7-9-17(24)10-8-15)19(26)12-16(23)4-2-5-18(23)22(27)20-6-3-11-28-20/h3,6-12,14,18H,2,4-5,13H2,1H3/t18-,23+/m1/s1. The number of ketones is 1. The number of thiophene rings is 1. The van der Waals surface area contributed by atoms with Crippen LogP contribution in [-0.4, -0.2) is 15.3 Å². The molecule has 3 nitrogen and oxygen atoms in total. The predicted molar refractivity (Wildman–Crippen MR) is 110 cm³/mol. The van der Waals surface area contributed by atoms with Crippen molar-refractivity contribution in [1.29, 1.82) is 0 Å². The zero-order valence-electron chi connectivity index (χ0n) is 15.7. The number of carbonyl (C=O) groups excluding carboxylic acids is 1. The molecule has 3 heterocycles. The van der Waals surface area contributed by atoms with Crippen LogP contribution in [0.25, 0.3) is 17.3 Å². The second-order valence-electron chi connectivity index (χ2n) is 7.99. The van der Waals surface area contributed by atoms with Crippen molar-refractivity contribution >= 4 is 23.2 Å². The van der Waals surface area contributed by atoms with E-state index in [2.05, 4.69) is 22.6 Å². The van der Waals surface area contributed by atoms with Crippen LogP contribution >= 0.6 is 11.3 Å². The second-order valence-corrected chi connectivity index (χ2v) is 8.93. The highest BCUT2D eigenvalue weighted by Crippen LogP contribution is 2.51. The van der Waals surface area contributed by atoms with Crippen molar-refractivity contribution in [1.82, 2.24) is 9.55 Å². The smallest absolute Gasteiger partial charge is 0.176 e. The monoisotopic (exact) mass is 392 g/mol. The van der Waals surface area contributed by atoms with Gasteiger partial charge in [-0.25, -0.2) is 9.37 Å².